The quantitative estimate of drug-likeness (QED) is 0.383. The highest BCUT2D eigenvalue weighted by molar-refractivity contribution is 7.53. The van der Waals surface area contributed by atoms with Gasteiger partial charge in [-0.25, -0.2) is 0 Å². The van der Waals surface area contributed by atoms with Crippen LogP contribution in [0.2, 0.25) is 0 Å². The maximum Gasteiger partial charge on any atom is 0.331 e. The summed E-state index contributed by atoms with van der Waals surface area (Å²) in [6.07, 6.45) is 0.839. The molecule has 0 aliphatic carbocycles. The first kappa shape index (κ1) is 19.6. The van der Waals surface area contributed by atoms with Crippen LogP contribution in [-0.4, -0.2) is 42.7 Å². The van der Waals surface area contributed by atoms with Gasteiger partial charge in [0.1, 0.15) is 12.7 Å². The topological polar surface area (TPSA) is 74.4 Å². The van der Waals surface area contributed by atoms with Crippen LogP contribution in [-0.2, 0) is 27.9 Å². The van der Waals surface area contributed by atoms with Gasteiger partial charge in [-0.2, -0.15) is 0 Å². The van der Waals surface area contributed by atoms with Gasteiger partial charge in [0.2, 0.25) is 0 Å². The van der Waals surface area contributed by atoms with Gasteiger partial charge >= 0.3 is 13.6 Å². The fraction of sp³-hybridized carbons (Fsp3) is 0.933. The second-order valence-electron chi connectivity index (χ2n) is 7.48. The van der Waals surface area contributed by atoms with Crippen molar-refractivity contribution in [3.05, 3.63) is 0 Å². The summed E-state index contributed by atoms with van der Waals surface area (Å²) >= 11 is 0. The normalized spacial score (nSPS) is 19.1. The van der Waals surface area contributed by atoms with E-state index in [1.165, 1.54) is 0 Å². The maximum absolute atomic E-state index is 12.9. The Hall–Kier alpha value is -0.420. The molecule has 0 aromatic rings. The highest BCUT2D eigenvalue weighted by Gasteiger charge is 2.35. The molecular weight excluding hydrogens is 307 g/mol. The van der Waals surface area contributed by atoms with Gasteiger partial charge in [0.05, 0.1) is 24.0 Å². The summed E-state index contributed by atoms with van der Waals surface area (Å²) in [5.41, 5.74) is -1.16. The first-order valence-corrected chi connectivity index (χ1v) is 9.39. The van der Waals surface area contributed by atoms with E-state index in [4.69, 9.17) is 18.5 Å². The lowest BCUT2D eigenvalue weighted by Gasteiger charge is -2.32. The highest BCUT2D eigenvalue weighted by Crippen LogP contribution is 2.54. The van der Waals surface area contributed by atoms with Crippen molar-refractivity contribution in [2.75, 3.05) is 19.4 Å². The summed E-state index contributed by atoms with van der Waals surface area (Å²) < 4.78 is 34.2. The lowest BCUT2D eigenvalue weighted by molar-refractivity contribution is -0.144. The molecule has 1 saturated heterocycles. The summed E-state index contributed by atoms with van der Waals surface area (Å²) in [7, 11) is -3.28. The first-order chi connectivity index (χ1) is 9.89. The molecule has 0 N–H and O–H groups in total. The van der Waals surface area contributed by atoms with Crippen molar-refractivity contribution in [2.24, 2.45) is 0 Å². The Morgan fingerprint density at radius 3 is 2.05 bits per heavy atom. The fourth-order valence-corrected chi connectivity index (χ4v) is 4.22. The zero-order valence-electron chi connectivity index (χ0n) is 14.5. The molecule has 0 bridgehead atoms. The van der Waals surface area contributed by atoms with Gasteiger partial charge in [0.15, 0.2) is 0 Å². The predicted octanol–water partition coefficient (Wildman–Crippen LogP) is 3.53. The molecule has 1 aliphatic rings. The molecule has 0 amide bonds. The molecule has 1 unspecified atom stereocenters. The molecule has 1 fully saturated rings. The van der Waals surface area contributed by atoms with Crippen molar-refractivity contribution in [2.45, 2.75) is 71.7 Å². The Morgan fingerprint density at radius 2 is 1.64 bits per heavy atom. The van der Waals surface area contributed by atoms with Crippen molar-refractivity contribution < 1.29 is 27.9 Å². The largest absolute Gasteiger partial charge is 0.463 e. The number of hydrogen-bond acceptors (Lipinski definition) is 6. The van der Waals surface area contributed by atoms with E-state index < -0.39 is 18.8 Å². The minimum atomic E-state index is -3.28. The summed E-state index contributed by atoms with van der Waals surface area (Å²) in [5.74, 6) is -0.312. The Balaban J connectivity index is 2.45. The van der Waals surface area contributed by atoms with Gasteiger partial charge in [0.25, 0.3) is 0 Å². The Morgan fingerprint density at radius 1 is 1.14 bits per heavy atom. The van der Waals surface area contributed by atoms with Crippen LogP contribution in [0.5, 0.6) is 0 Å². The van der Waals surface area contributed by atoms with Crippen molar-refractivity contribution in [3.63, 3.8) is 0 Å². The molecular formula is C15H29O6P. The molecule has 1 aliphatic heterocycles. The third-order valence-corrected chi connectivity index (χ3v) is 4.99. The Bertz CT molecular complexity index is 397. The molecule has 0 spiro atoms. The monoisotopic (exact) mass is 336 g/mol. The first-order valence-electron chi connectivity index (χ1n) is 7.66. The summed E-state index contributed by atoms with van der Waals surface area (Å²) in [4.78, 5) is 11.6. The van der Waals surface area contributed by atoms with Gasteiger partial charge in [-0.3, -0.25) is 9.36 Å². The molecule has 0 saturated carbocycles. The molecule has 22 heavy (non-hydrogen) atoms. The van der Waals surface area contributed by atoms with Crippen LogP contribution in [0.25, 0.3) is 0 Å². The molecule has 1 atom stereocenters. The third kappa shape index (κ3) is 9.57. The lowest BCUT2D eigenvalue weighted by Crippen LogP contribution is -2.25. The Kier molecular flexibility index (Phi) is 6.63. The van der Waals surface area contributed by atoms with E-state index in [9.17, 15) is 9.36 Å². The molecule has 130 valence electrons. The summed E-state index contributed by atoms with van der Waals surface area (Å²) in [6.45, 7) is 11.9. The molecule has 0 radical (unpaired) electrons. The van der Waals surface area contributed by atoms with Crippen LogP contribution in [0.1, 0.15) is 54.4 Å². The number of esters is 1. The molecule has 7 heteroatoms. The number of hydrogen-bond donors (Lipinski definition) is 0. The molecule has 0 aromatic carbocycles. The van der Waals surface area contributed by atoms with Crippen LogP contribution >= 0.6 is 7.60 Å². The number of carbonyl (C=O) groups is 1. The van der Waals surface area contributed by atoms with E-state index in [0.29, 0.717) is 19.6 Å². The standard InChI is InChI=1S/C15H29O6P/c1-14(2,3)20-22(17,21-15(4,5)6)9-7-8-13(16)19-11-12-10-18-12/h12H,7-11H2,1-6H3. The van der Waals surface area contributed by atoms with Crippen molar-refractivity contribution in [1.82, 2.24) is 0 Å². The van der Waals surface area contributed by atoms with Crippen molar-refractivity contribution >= 4 is 13.6 Å². The van der Waals surface area contributed by atoms with Gasteiger partial charge in [0, 0.05) is 6.42 Å². The second-order valence-corrected chi connectivity index (χ2v) is 9.52. The molecule has 1 rings (SSSR count). The van der Waals surface area contributed by atoms with Crippen LogP contribution < -0.4 is 0 Å². The van der Waals surface area contributed by atoms with Gasteiger partial charge in [-0.1, -0.05) is 0 Å². The van der Waals surface area contributed by atoms with E-state index in [2.05, 4.69) is 0 Å². The van der Waals surface area contributed by atoms with E-state index >= 15 is 0 Å². The van der Waals surface area contributed by atoms with Crippen LogP contribution in [0.3, 0.4) is 0 Å². The minimum Gasteiger partial charge on any atom is -0.463 e. The third-order valence-electron chi connectivity index (χ3n) is 2.47. The van der Waals surface area contributed by atoms with Crippen LogP contribution in [0.15, 0.2) is 0 Å². The van der Waals surface area contributed by atoms with Crippen LogP contribution in [0, 0.1) is 0 Å². The molecule has 6 nitrogen and oxygen atoms in total. The number of ether oxygens (including phenoxy) is 2. The molecule has 1 heterocycles. The number of epoxide rings is 1. The van der Waals surface area contributed by atoms with Gasteiger partial charge < -0.3 is 18.5 Å². The van der Waals surface area contributed by atoms with Gasteiger partial charge in [-0.15, -0.1) is 0 Å². The van der Waals surface area contributed by atoms with Crippen molar-refractivity contribution in [3.8, 4) is 0 Å². The van der Waals surface area contributed by atoms with E-state index in [0.717, 1.165) is 0 Å². The predicted molar refractivity (Wildman–Crippen MR) is 84.1 cm³/mol. The average Bonchev–Trinajstić information content (AvgIpc) is 3.03. The van der Waals surface area contributed by atoms with E-state index in [1.807, 2.05) is 41.5 Å². The fourth-order valence-electron chi connectivity index (χ4n) is 1.78. The van der Waals surface area contributed by atoms with Crippen LogP contribution in [0.4, 0.5) is 0 Å². The molecule has 0 aromatic heterocycles. The lowest BCUT2D eigenvalue weighted by atomic mass is 10.2. The zero-order valence-corrected chi connectivity index (χ0v) is 15.4. The average molecular weight is 336 g/mol. The smallest absolute Gasteiger partial charge is 0.331 e. The highest BCUT2D eigenvalue weighted by atomic mass is 31.2. The van der Waals surface area contributed by atoms with Gasteiger partial charge in [-0.05, 0) is 48.0 Å². The second kappa shape index (κ2) is 7.43. The SMILES string of the molecule is CC(C)(C)OP(=O)(CCCC(=O)OCC1CO1)OC(C)(C)C. The van der Waals surface area contributed by atoms with Crippen molar-refractivity contribution in [1.29, 1.82) is 0 Å². The maximum atomic E-state index is 12.9. The number of rotatable bonds is 8. The summed E-state index contributed by atoms with van der Waals surface area (Å²) in [6, 6.07) is 0. The van der Waals surface area contributed by atoms with E-state index in [-0.39, 0.29) is 24.7 Å². The summed E-state index contributed by atoms with van der Waals surface area (Å²) in [5, 5.41) is 0. The Labute approximate surface area is 133 Å². The number of carbonyl (C=O) groups excluding carboxylic acids is 1. The minimum absolute atomic E-state index is 0.0588. The van der Waals surface area contributed by atoms with E-state index in [1.54, 1.807) is 0 Å². The zero-order chi connectivity index (χ0) is 17.0.